The highest BCUT2D eigenvalue weighted by Crippen LogP contribution is 2.62. The Hall–Kier alpha value is -1.26. The Morgan fingerprint density at radius 1 is 1.20 bits per heavy atom. The fourth-order valence-electron chi connectivity index (χ4n) is 4.63. The zero-order valence-electron chi connectivity index (χ0n) is 12.9. The molecule has 3 unspecified atom stereocenters. The van der Waals surface area contributed by atoms with Gasteiger partial charge in [0.05, 0.1) is 6.54 Å². The van der Waals surface area contributed by atoms with E-state index in [1.165, 1.54) is 19.3 Å². The number of hydrogen-bond acceptors (Lipinski definition) is 1. The van der Waals surface area contributed by atoms with Crippen LogP contribution in [-0.2, 0) is 0 Å². The van der Waals surface area contributed by atoms with E-state index in [0.717, 1.165) is 18.0 Å². The minimum atomic E-state index is 0.418. The molecule has 2 fully saturated rings. The molecule has 1 aromatic rings. The summed E-state index contributed by atoms with van der Waals surface area (Å²) in [5, 5.41) is 3.74. The first-order valence-corrected chi connectivity index (χ1v) is 7.80. The van der Waals surface area contributed by atoms with Crippen molar-refractivity contribution < 1.29 is 0 Å². The lowest BCUT2D eigenvalue weighted by atomic mass is 9.68. The van der Waals surface area contributed by atoms with Gasteiger partial charge >= 0.3 is 0 Å². The third kappa shape index (κ3) is 2.27. The third-order valence-corrected chi connectivity index (χ3v) is 5.67. The van der Waals surface area contributed by atoms with E-state index in [1.54, 1.807) is 0 Å². The molecule has 20 heavy (non-hydrogen) atoms. The predicted molar refractivity (Wildman–Crippen MR) is 84.3 cm³/mol. The van der Waals surface area contributed by atoms with Crippen LogP contribution < -0.4 is 5.32 Å². The summed E-state index contributed by atoms with van der Waals surface area (Å²) in [6, 6.07) is 10.8. The molecule has 2 bridgehead atoms. The molecule has 0 aromatic heterocycles. The predicted octanol–water partition coefficient (Wildman–Crippen LogP) is 3.84. The van der Waals surface area contributed by atoms with Crippen LogP contribution in [0.5, 0.6) is 0 Å². The first kappa shape index (κ1) is 13.7. The van der Waals surface area contributed by atoms with Crippen LogP contribution in [0, 0.1) is 28.6 Å². The van der Waals surface area contributed by atoms with E-state index in [1.807, 2.05) is 18.2 Å². The lowest BCUT2D eigenvalue weighted by Crippen LogP contribution is -2.50. The van der Waals surface area contributed by atoms with E-state index in [2.05, 4.69) is 50.1 Å². The zero-order chi connectivity index (χ0) is 14.2. The van der Waals surface area contributed by atoms with Gasteiger partial charge in [0.15, 0.2) is 0 Å². The molecule has 1 heteroatoms. The number of nitrogens with one attached hydrogen (secondary N) is 1. The van der Waals surface area contributed by atoms with Gasteiger partial charge in [-0.1, -0.05) is 50.8 Å². The summed E-state index contributed by atoms with van der Waals surface area (Å²) < 4.78 is 0. The average molecular weight is 267 g/mol. The van der Waals surface area contributed by atoms with E-state index < -0.39 is 0 Å². The van der Waals surface area contributed by atoms with Crippen molar-refractivity contribution in [2.24, 2.45) is 16.7 Å². The van der Waals surface area contributed by atoms with Crippen LogP contribution >= 0.6 is 0 Å². The molecular formula is C19H25N. The molecule has 2 aliphatic carbocycles. The second kappa shape index (κ2) is 4.93. The minimum Gasteiger partial charge on any atom is -0.302 e. The van der Waals surface area contributed by atoms with E-state index >= 15 is 0 Å². The second-order valence-electron chi connectivity index (χ2n) is 7.40. The van der Waals surface area contributed by atoms with Crippen LogP contribution in [0.3, 0.4) is 0 Å². The summed E-state index contributed by atoms with van der Waals surface area (Å²) in [5.41, 5.74) is 2.01. The largest absolute Gasteiger partial charge is 0.302 e. The van der Waals surface area contributed by atoms with E-state index in [9.17, 15) is 0 Å². The molecule has 3 atom stereocenters. The van der Waals surface area contributed by atoms with Gasteiger partial charge in [0.2, 0.25) is 0 Å². The summed E-state index contributed by atoms with van der Waals surface area (Å²) >= 11 is 0. The van der Waals surface area contributed by atoms with Gasteiger partial charge in [-0.25, -0.2) is 0 Å². The Morgan fingerprint density at radius 3 is 2.60 bits per heavy atom. The summed E-state index contributed by atoms with van der Waals surface area (Å²) in [4.78, 5) is 0. The van der Waals surface area contributed by atoms with E-state index in [4.69, 9.17) is 0 Å². The zero-order valence-corrected chi connectivity index (χ0v) is 12.9. The van der Waals surface area contributed by atoms with Gasteiger partial charge in [0.1, 0.15) is 0 Å². The molecule has 2 aliphatic rings. The molecule has 3 rings (SSSR count). The summed E-state index contributed by atoms with van der Waals surface area (Å²) in [7, 11) is 0. The lowest BCUT2D eigenvalue weighted by Gasteiger charge is -2.43. The monoisotopic (exact) mass is 267 g/mol. The van der Waals surface area contributed by atoms with Crippen LogP contribution in [0.4, 0.5) is 0 Å². The lowest BCUT2D eigenvalue weighted by molar-refractivity contribution is 0.113. The molecule has 0 radical (unpaired) electrons. The Balaban J connectivity index is 1.63. The van der Waals surface area contributed by atoms with Crippen LogP contribution in [-0.4, -0.2) is 12.6 Å². The second-order valence-corrected chi connectivity index (χ2v) is 7.40. The fraction of sp³-hybridized carbons (Fsp3) is 0.579. The molecule has 1 N–H and O–H groups in total. The van der Waals surface area contributed by atoms with Gasteiger partial charge < -0.3 is 5.32 Å². The topological polar surface area (TPSA) is 12.0 Å². The van der Waals surface area contributed by atoms with Crippen LogP contribution in [0.15, 0.2) is 30.3 Å². The highest BCUT2D eigenvalue weighted by molar-refractivity contribution is 5.33. The number of fused-ring (bicyclic) bond motifs is 2. The van der Waals surface area contributed by atoms with Gasteiger partial charge in [-0.05, 0) is 48.1 Å². The third-order valence-electron chi connectivity index (χ3n) is 5.67. The van der Waals surface area contributed by atoms with Crippen molar-refractivity contribution in [1.29, 1.82) is 0 Å². The van der Waals surface area contributed by atoms with E-state index in [-0.39, 0.29) is 0 Å². The smallest absolute Gasteiger partial charge is 0.0582 e. The van der Waals surface area contributed by atoms with Crippen LogP contribution in [0.2, 0.25) is 0 Å². The van der Waals surface area contributed by atoms with Gasteiger partial charge in [0, 0.05) is 11.6 Å². The van der Waals surface area contributed by atoms with Gasteiger partial charge in [-0.2, -0.15) is 0 Å². The maximum atomic E-state index is 3.74. The van der Waals surface area contributed by atoms with Crippen molar-refractivity contribution in [3.8, 4) is 11.8 Å². The molecule has 0 heterocycles. The maximum Gasteiger partial charge on any atom is 0.0582 e. The Labute approximate surface area is 123 Å². The quantitative estimate of drug-likeness (QED) is 0.803. The Morgan fingerprint density at radius 2 is 1.95 bits per heavy atom. The molecule has 0 amide bonds. The SMILES string of the molecule is CC12CCC(C1)C(C)(C)C2NCC#Cc1ccccc1. The van der Waals surface area contributed by atoms with Crippen molar-refractivity contribution >= 4 is 0 Å². The van der Waals surface area contributed by atoms with E-state index in [0.29, 0.717) is 16.9 Å². The molecule has 0 saturated heterocycles. The maximum absolute atomic E-state index is 3.74. The molecule has 106 valence electrons. The van der Waals surface area contributed by atoms with Gasteiger partial charge in [0.25, 0.3) is 0 Å². The number of benzene rings is 1. The normalized spacial score (nSPS) is 33.8. The highest BCUT2D eigenvalue weighted by Gasteiger charge is 2.58. The van der Waals surface area contributed by atoms with Crippen molar-refractivity contribution in [3.05, 3.63) is 35.9 Å². The Kier molecular flexibility index (Phi) is 3.38. The fourth-order valence-corrected chi connectivity index (χ4v) is 4.63. The summed E-state index contributed by atoms with van der Waals surface area (Å²) in [5.74, 6) is 7.42. The van der Waals surface area contributed by atoms with Crippen molar-refractivity contribution in [1.82, 2.24) is 5.32 Å². The van der Waals surface area contributed by atoms with Crippen LogP contribution in [0.25, 0.3) is 0 Å². The van der Waals surface area contributed by atoms with Gasteiger partial charge in [-0.15, -0.1) is 0 Å². The van der Waals surface area contributed by atoms with Crippen LogP contribution in [0.1, 0.15) is 45.6 Å². The summed E-state index contributed by atoms with van der Waals surface area (Å²) in [6.45, 7) is 8.13. The number of hydrogen-bond donors (Lipinski definition) is 1. The molecule has 1 nitrogen and oxygen atoms in total. The van der Waals surface area contributed by atoms with Crippen molar-refractivity contribution in [2.45, 2.75) is 46.1 Å². The molecule has 2 saturated carbocycles. The number of rotatable bonds is 2. The molecule has 1 aromatic carbocycles. The van der Waals surface area contributed by atoms with Crippen molar-refractivity contribution in [3.63, 3.8) is 0 Å². The minimum absolute atomic E-state index is 0.418. The molecular weight excluding hydrogens is 242 g/mol. The van der Waals surface area contributed by atoms with Gasteiger partial charge in [-0.3, -0.25) is 0 Å². The standard InChI is InChI=1S/C19H25N/c1-18(2)16-11-12-19(3,14-16)17(18)20-13-7-10-15-8-5-4-6-9-15/h4-6,8-9,16-17,20H,11-14H2,1-3H3. The summed E-state index contributed by atoms with van der Waals surface area (Å²) in [6.07, 6.45) is 4.19. The average Bonchev–Trinajstić information content (AvgIpc) is 2.90. The van der Waals surface area contributed by atoms with Crippen molar-refractivity contribution in [2.75, 3.05) is 6.54 Å². The Bertz CT molecular complexity index is 529. The highest BCUT2D eigenvalue weighted by atomic mass is 15.0. The molecule has 0 spiro atoms. The first-order chi connectivity index (χ1) is 9.52. The first-order valence-electron chi connectivity index (χ1n) is 7.80. The molecule has 0 aliphatic heterocycles.